The standard InChI is InChI=1S/C15H25N3O6S/c19-14-16-13(10-25-14)17(15(20)21)8-7-12-5-3-11(4-6-12)2-1-9-24-18(22)23/h11-13H,1-10H2,(H,16,19)(H,20,21). The summed E-state index contributed by atoms with van der Waals surface area (Å²) in [5, 5.41) is 21.2. The van der Waals surface area contributed by atoms with Crippen LogP contribution in [0.4, 0.5) is 9.59 Å². The van der Waals surface area contributed by atoms with Crippen molar-refractivity contribution in [2.45, 2.75) is 51.1 Å². The number of nitrogens with one attached hydrogen (secondary N) is 1. The number of rotatable bonds is 9. The molecule has 0 radical (unpaired) electrons. The second-order valence-electron chi connectivity index (χ2n) is 6.61. The molecule has 1 aliphatic carbocycles. The summed E-state index contributed by atoms with van der Waals surface area (Å²) in [4.78, 5) is 38.4. The number of hydrogen-bond acceptors (Lipinski definition) is 6. The lowest BCUT2D eigenvalue weighted by molar-refractivity contribution is -0.757. The SMILES string of the molecule is O=C1NC(N(CCC2CCC(CCCO[N+](=O)[O-])CC2)C(=O)O)CS1. The lowest BCUT2D eigenvalue weighted by Crippen LogP contribution is -2.48. The third-order valence-electron chi connectivity index (χ3n) is 4.98. The number of hydrogen-bond donors (Lipinski definition) is 2. The van der Waals surface area contributed by atoms with Crippen LogP contribution in [0.1, 0.15) is 44.9 Å². The van der Waals surface area contributed by atoms with Crippen LogP contribution in [0.3, 0.4) is 0 Å². The zero-order chi connectivity index (χ0) is 18.2. The Morgan fingerprint density at radius 2 is 1.96 bits per heavy atom. The summed E-state index contributed by atoms with van der Waals surface area (Å²) in [5.74, 6) is 1.54. The molecule has 142 valence electrons. The predicted molar refractivity (Wildman–Crippen MR) is 91.8 cm³/mol. The average Bonchev–Trinajstić information content (AvgIpc) is 2.98. The van der Waals surface area contributed by atoms with E-state index in [1.807, 2.05) is 0 Å². The van der Waals surface area contributed by atoms with E-state index < -0.39 is 17.3 Å². The van der Waals surface area contributed by atoms with E-state index in [1.165, 1.54) is 4.90 Å². The molecule has 2 fully saturated rings. The van der Waals surface area contributed by atoms with Crippen LogP contribution < -0.4 is 5.32 Å². The van der Waals surface area contributed by atoms with Crippen LogP contribution >= 0.6 is 11.8 Å². The number of nitrogens with zero attached hydrogens (tertiary/aromatic N) is 2. The van der Waals surface area contributed by atoms with Crippen LogP contribution in [0.5, 0.6) is 0 Å². The third-order valence-corrected chi connectivity index (χ3v) is 5.84. The van der Waals surface area contributed by atoms with Crippen molar-refractivity contribution in [3.05, 3.63) is 10.1 Å². The molecule has 2 aliphatic rings. The minimum Gasteiger partial charge on any atom is -0.465 e. The van der Waals surface area contributed by atoms with Gasteiger partial charge in [0, 0.05) is 12.3 Å². The maximum atomic E-state index is 11.4. The molecule has 1 saturated heterocycles. The Morgan fingerprint density at radius 3 is 2.48 bits per heavy atom. The van der Waals surface area contributed by atoms with Crippen molar-refractivity contribution < 1.29 is 24.6 Å². The molecule has 25 heavy (non-hydrogen) atoms. The van der Waals surface area contributed by atoms with E-state index in [4.69, 9.17) is 0 Å². The Bertz CT molecular complexity index is 484. The Balaban J connectivity index is 1.64. The highest BCUT2D eigenvalue weighted by Crippen LogP contribution is 2.33. The number of carbonyl (C=O) groups excluding carboxylic acids is 1. The number of amides is 2. The Labute approximate surface area is 150 Å². The van der Waals surface area contributed by atoms with E-state index in [0.717, 1.165) is 50.3 Å². The Morgan fingerprint density at radius 1 is 1.32 bits per heavy atom. The summed E-state index contributed by atoms with van der Waals surface area (Å²) >= 11 is 1.12. The average molecular weight is 375 g/mol. The van der Waals surface area contributed by atoms with E-state index in [9.17, 15) is 24.8 Å². The van der Waals surface area contributed by atoms with Gasteiger partial charge in [0.05, 0.1) is 6.61 Å². The smallest absolute Gasteiger partial charge is 0.408 e. The molecular formula is C15H25N3O6S. The molecule has 2 rings (SSSR count). The van der Waals surface area contributed by atoms with Gasteiger partial charge in [-0.1, -0.05) is 37.4 Å². The molecule has 9 nitrogen and oxygen atoms in total. The van der Waals surface area contributed by atoms with Crippen LogP contribution in [0.15, 0.2) is 0 Å². The quantitative estimate of drug-likeness (QED) is 0.361. The molecule has 1 heterocycles. The van der Waals surface area contributed by atoms with Crippen molar-refractivity contribution in [1.29, 1.82) is 0 Å². The molecule has 1 unspecified atom stereocenters. The second-order valence-corrected chi connectivity index (χ2v) is 7.60. The van der Waals surface area contributed by atoms with Gasteiger partial charge >= 0.3 is 6.09 Å². The topological polar surface area (TPSA) is 122 Å². The number of thioether (sulfide) groups is 1. The van der Waals surface area contributed by atoms with Crippen LogP contribution in [0.25, 0.3) is 0 Å². The summed E-state index contributed by atoms with van der Waals surface area (Å²) in [6.07, 6.45) is 5.29. The molecule has 1 saturated carbocycles. The first kappa shape index (κ1) is 19.6. The molecule has 1 aliphatic heterocycles. The monoisotopic (exact) mass is 375 g/mol. The van der Waals surface area contributed by atoms with Gasteiger partial charge in [0.2, 0.25) is 0 Å². The molecular weight excluding hydrogens is 350 g/mol. The molecule has 2 amide bonds. The van der Waals surface area contributed by atoms with E-state index in [1.54, 1.807) is 0 Å². The summed E-state index contributed by atoms with van der Waals surface area (Å²) in [7, 11) is 0. The van der Waals surface area contributed by atoms with Crippen LogP contribution in [0.2, 0.25) is 0 Å². The van der Waals surface area contributed by atoms with Crippen molar-refractivity contribution in [3.63, 3.8) is 0 Å². The van der Waals surface area contributed by atoms with Crippen LogP contribution in [-0.4, -0.2) is 51.5 Å². The first-order chi connectivity index (χ1) is 12.0. The maximum absolute atomic E-state index is 11.4. The van der Waals surface area contributed by atoms with E-state index in [-0.39, 0.29) is 11.8 Å². The fraction of sp³-hybridized carbons (Fsp3) is 0.867. The van der Waals surface area contributed by atoms with Gasteiger partial charge in [0.1, 0.15) is 6.17 Å². The second kappa shape index (κ2) is 9.69. The lowest BCUT2D eigenvalue weighted by Gasteiger charge is -2.31. The molecule has 1 atom stereocenters. The van der Waals surface area contributed by atoms with Crippen LogP contribution in [-0.2, 0) is 4.84 Å². The van der Waals surface area contributed by atoms with E-state index in [0.29, 0.717) is 30.6 Å². The Kier molecular flexibility index (Phi) is 7.60. The van der Waals surface area contributed by atoms with Gasteiger partial charge in [-0.3, -0.25) is 9.69 Å². The van der Waals surface area contributed by atoms with Gasteiger partial charge in [-0.05, 0) is 31.1 Å². The van der Waals surface area contributed by atoms with Gasteiger partial charge in [-0.2, -0.15) is 0 Å². The van der Waals surface area contributed by atoms with Gasteiger partial charge in [-0.15, -0.1) is 10.1 Å². The zero-order valence-electron chi connectivity index (χ0n) is 14.1. The summed E-state index contributed by atoms with van der Waals surface area (Å²) in [6.45, 7) is 0.596. The largest absolute Gasteiger partial charge is 0.465 e. The summed E-state index contributed by atoms with van der Waals surface area (Å²) < 4.78 is 0. The Hall–Kier alpha value is -1.71. The minimum atomic E-state index is -0.993. The molecule has 0 bridgehead atoms. The minimum absolute atomic E-state index is 0.158. The first-order valence-electron chi connectivity index (χ1n) is 8.66. The summed E-state index contributed by atoms with van der Waals surface area (Å²) in [5.41, 5.74) is 0. The van der Waals surface area contributed by atoms with Gasteiger partial charge in [0.15, 0.2) is 0 Å². The van der Waals surface area contributed by atoms with Gasteiger partial charge < -0.3 is 15.3 Å². The van der Waals surface area contributed by atoms with E-state index in [2.05, 4.69) is 10.2 Å². The number of carbonyl (C=O) groups is 2. The van der Waals surface area contributed by atoms with Crippen molar-refractivity contribution in [2.24, 2.45) is 11.8 Å². The highest BCUT2D eigenvalue weighted by Gasteiger charge is 2.31. The molecule has 0 aromatic heterocycles. The lowest BCUT2D eigenvalue weighted by atomic mass is 9.79. The highest BCUT2D eigenvalue weighted by molar-refractivity contribution is 8.13. The molecule has 0 spiro atoms. The normalized spacial score (nSPS) is 26.1. The zero-order valence-corrected chi connectivity index (χ0v) is 14.9. The highest BCUT2D eigenvalue weighted by atomic mass is 32.2. The van der Waals surface area contributed by atoms with Gasteiger partial charge in [-0.25, -0.2) is 4.79 Å². The maximum Gasteiger partial charge on any atom is 0.408 e. The van der Waals surface area contributed by atoms with Crippen molar-refractivity contribution >= 4 is 23.1 Å². The fourth-order valence-corrected chi connectivity index (χ4v) is 4.36. The third kappa shape index (κ3) is 6.60. The molecule has 0 aromatic rings. The fourth-order valence-electron chi connectivity index (χ4n) is 3.57. The van der Waals surface area contributed by atoms with Crippen molar-refractivity contribution in [1.82, 2.24) is 10.2 Å². The van der Waals surface area contributed by atoms with Crippen molar-refractivity contribution in [2.75, 3.05) is 18.9 Å². The molecule has 0 aromatic carbocycles. The van der Waals surface area contributed by atoms with Crippen LogP contribution in [0, 0.1) is 22.0 Å². The first-order valence-corrected chi connectivity index (χ1v) is 9.64. The van der Waals surface area contributed by atoms with E-state index >= 15 is 0 Å². The number of carboxylic acid groups (broad SMARTS) is 1. The van der Waals surface area contributed by atoms with Gasteiger partial charge in [0.25, 0.3) is 10.3 Å². The molecule has 2 N–H and O–H groups in total. The predicted octanol–water partition coefficient (Wildman–Crippen LogP) is 2.93. The van der Waals surface area contributed by atoms with Crippen molar-refractivity contribution in [3.8, 4) is 0 Å². The summed E-state index contributed by atoms with van der Waals surface area (Å²) in [6, 6.07) is 0. The molecule has 10 heteroatoms.